The van der Waals surface area contributed by atoms with E-state index in [1.54, 1.807) is 4.68 Å². The summed E-state index contributed by atoms with van der Waals surface area (Å²) in [6, 6.07) is 17.3. The number of amides is 1. The van der Waals surface area contributed by atoms with E-state index in [0.717, 1.165) is 22.5 Å². The van der Waals surface area contributed by atoms with Crippen molar-refractivity contribution in [1.82, 2.24) is 9.78 Å². The molecule has 1 aromatic heterocycles. The summed E-state index contributed by atoms with van der Waals surface area (Å²) in [6.07, 6.45) is 0.136. The molecule has 28 heavy (non-hydrogen) atoms. The molecule has 0 saturated heterocycles. The summed E-state index contributed by atoms with van der Waals surface area (Å²) in [5.74, 6) is -0.830. The van der Waals surface area contributed by atoms with Gasteiger partial charge in [0, 0.05) is 0 Å². The zero-order valence-corrected chi connectivity index (χ0v) is 16.2. The smallest absolute Gasteiger partial charge is 0.310 e. The average Bonchev–Trinajstić information content (AvgIpc) is 2.97. The van der Waals surface area contributed by atoms with E-state index in [0.29, 0.717) is 11.4 Å². The van der Waals surface area contributed by atoms with Crippen LogP contribution < -0.4 is 5.32 Å². The number of carbonyl (C=O) groups is 2. The van der Waals surface area contributed by atoms with E-state index >= 15 is 0 Å². The van der Waals surface area contributed by atoms with Crippen molar-refractivity contribution in [2.24, 2.45) is 0 Å². The van der Waals surface area contributed by atoms with E-state index in [-0.39, 0.29) is 13.0 Å². The van der Waals surface area contributed by atoms with E-state index in [1.807, 2.05) is 75.4 Å². The maximum absolute atomic E-state index is 12.2. The lowest BCUT2D eigenvalue weighted by Crippen LogP contribution is -2.22. The van der Waals surface area contributed by atoms with Crippen molar-refractivity contribution in [2.45, 2.75) is 27.2 Å². The van der Waals surface area contributed by atoms with Gasteiger partial charge >= 0.3 is 5.97 Å². The second-order valence-corrected chi connectivity index (χ2v) is 6.66. The third kappa shape index (κ3) is 4.65. The summed E-state index contributed by atoms with van der Waals surface area (Å²) in [4.78, 5) is 24.2. The van der Waals surface area contributed by atoms with Crippen LogP contribution in [0, 0.1) is 20.8 Å². The van der Waals surface area contributed by atoms with E-state index < -0.39 is 11.9 Å². The molecular weight excluding hydrogens is 354 g/mol. The largest absolute Gasteiger partial charge is 0.455 e. The molecule has 0 radical (unpaired) electrons. The van der Waals surface area contributed by atoms with Crippen LogP contribution >= 0.6 is 0 Å². The fourth-order valence-corrected chi connectivity index (χ4v) is 2.89. The van der Waals surface area contributed by atoms with Gasteiger partial charge in [0.15, 0.2) is 6.61 Å². The van der Waals surface area contributed by atoms with Crippen molar-refractivity contribution >= 4 is 17.6 Å². The monoisotopic (exact) mass is 377 g/mol. The highest BCUT2D eigenvalue weighted by atomic mass is 16.5. The van der Waals surface area contributed by atoms with E-state index in [1.165, 1.54) is 0 Å². The zero-order valence-electron chi connectivity index (χ0n) is 16.2. The van der Waals surface area contributed by atoms with E-state index in [2.05, 4.69) is 10.4 Å². The molecule has 1 N–H and O–H groups in total. The van der Waals surface area contributed by atoms with Crippen LogP contribution in [0.25, 0.3) is 5.69 Å². The molecule has 0 atom stereocenters. The Morgan fingerprint density at radius 1 is 1.00 bits per heavy atom. The first-order valence-corrected chi connectivity index (χ1v) is 9.06. The molecule has 0 bridgehead atoms. The van der Waals surface area contributed by atoms with Crippen LogP contribution in [0.5, 0.6) is 0 Å². The Hall–Kier alpha value is -3.41. The lowest BCUT2D eigenvalue weighted by atomic mass is 10.1. The van der Waals surface area contributed by atoms with Gasteiger partial charge in [-0.1, -0.05) is 48.0 Å². The van der Waals surface area contributed by atoms with Crippen LogP contribution in [-0.4, -0.2) is 28.3 Å². The highest BCUT2D eigenvalue weighted by Gasteiger charge is 2.16. The normalized spacial score (nSPS) is 10.5. The fraction of sp³-hybridized carbons (Fsp3) is 0.227. The number of carbonyl (C=O) groups excluding carboxylic acids is 2. The van der Waals surface area contributed by atoms with Gasteiger partial charge in [-0.3, -0.25) is 9.59 Å². The van der Waals surface area contributed by atoms with Gasteiger partial charge in [0.05, 0.1) is 29.2 Å². The molecule has 0 spiro atoms. The van der Waals surface area contributed by atoms with Crippen LogP contribution in [-0.2, 0) is 20.7 Å². The number of rotatable bonds is 6. The predicted octanol–water partition coefficient (Wildman–Crippen LogP) is 3.52. The number of anilines is 1. The number of hydrogen-bond acceptors (Lipinski definition) is 4. The van der Waals surface area contributed by atoms with Gasteiger partial charge in [-0.2, -0.15) is 5.10 Å². The van der Waals surface area contributed by atoms with Crippen molar-refractivity contribution in [3.05, 3.63) is 77.1 Å². The van der Waals surface area contributed by atoms with Crippen molar-refractivity contribution in [1.29, 1.82) is 0 Å². The molecule has 0 aliphatic heterocycles. The molecule has 1 amide bonds. The first-order valence-electron chi connectivity index (χ1n) is 9.06. The van der Waals surface area contributed by atoms with Crippen LogP contribution in [0.1, 0.15) is 22.5 Å². The third-order valence-electron chi connectivity index (χ3n) is 4.39. The second kappa shape index (κ2) is 8.52. The number of aromatic nitrogens is 2. The summed E-state index contributed by atoms with van der Waals surface area (Å²) in [7, 11) is 0. The summed E-state index contributed by atoms with van der Waals surface area (Å²) >= 11 is 0. The predicted molar refractivity (Wildman–Crippen MR) is 108 cm³/mol. The summed E-state index contributed by atoms with van der Waals surface area (Å²) in [6.45, 7) is 5.36. The zero-order chi connectivity index (χ0) is 20.1. The fourth-order valence-electron chi connectivity index (χ4n) is 2.89. The van der Waals surface area contributed by atoms with Crippen LogP contribution in [0.2, 0.25) is 0 Å². The number of nitrogens with one attached hydrogen (secondary N) is 1. The Labute approximate surface area is 164 Å². The van der Waals surface area contributed by atoms with Crippen molar-refractivity contribution in [3.8, 4) is 5.69 Å². The molecule has 6 nitrogen and oxygen atoms in total. The van der Waals surface area contributed by atoms with Crippen molar-refractivity contribution in [2.75, 3.05) is 11.9 Å². The minimum absolute atomic E-state index is 0.136. The van der Waals surface area contributed by atoms with E-state index in [4.69, 9.17) is 4.74 Å². The highest BCUT2D eigenvalue weighted by molar-refractivity contribution is 5.94. The summed E-state index contributed by atoms with van der Waals surface area (Å²) < 4.78 is 6.88. The van der Waals surface area contributed by atoms with Gasteiger partial charge < -0.3 is 10.1 Å². The molecule has 0 unspecified atom stereocenters. The minimum atomic E-state index is -0.438. The molecule has 3 rings (SSSR count). The number of benzene rings is 2. The number of nitrogens with zero attached hydrogens (tertiary/aromatic N) is 2. The lowest BCUT2D eigenvalue weighted by molar-refractivity contribution is -0.146. The molecule has 0 saturated carbocycles. The molecular formula is C22H23N3O3. The maximum atomic E-state index is 12.2. The van der Waals surface area contributed by atoms with Gasteiger partial charge in [0.1, 0.15) is 0 Å². The molecule has 1 heterocycles. The Bertz CT molecular complexity index is 976. The van der Waals surface area contributed by atoms with Gasteiger partial charge in [-0.05, 0) is 38.5 Å². The Kier molecular flexibility index (Phi) is 5.89. The first kappa shape index (κ1) is 19.4. The third-order valence-corrected chi connectivity index (χ3v) is 4.39. The standard InChI is InChI=1S/C22H23N3O3/c1-15-9-11-18(12-10-15)13-21(27)28-14-20(26)23-22-16(2)24-25(17(22)3)19-7-5-4-6-8-19/h4-12H,13-14H2,1-3H3,(H,23,26). The topological polar surface area (TPSA) is 73.2 Å². The lowest BCUT2D eigenvalue weighted by Gasteiger charge is -2.08. The Balaban J connectivity index is 1.58. The van der Waals surface area contributed by atoms with Crippen molar-refractivity contribution < 1.29 is 14.3 Å². The van der Waals surface area contributed by atoms with E-state index in [9.17, 15) is 9.59 Å². The van der Waals surface area contributed by atoms with Gasteiger partial charge in [0.25, 0.3) is 5.91 Å². The second-order valence-electron chi connectivity index (χ2n) is 6.66. The van der Waals surface area contributed by atoms with Gasteiger partial charge in [-0.15, -0.1) is 0 Å². The van der Waals surface area contributed by atoms with Crippen LogP contribution in [0.4, 0.5) is 5.69 Å². The Morgan fingerprint density at radius 2 is 1.68 bits per heavy atom. The quantitative estimate of drug-likeness (QED) is 0.667. The summed E-state index contributed by atoms with van der Waals surface area (Å²) in [5, 5.41) is 7.28. The molecule has 3 aromatic rings. The highest BCUT2D eigenvalue weighted by Crippen LogP contribution is 2.22. The molecule has 0 fully saturated rings. The van der Waals surface area contributed by atoms with Crippen LogP contribution in [0.15, 0.2) is 54.6 Å². The molecule has 0 aliphatic rings. The first-order chi connectivity index (χ1) is 13.4. The maximum Gasteiger partial charge on any atom is 0.310 e. The molecule has 2 aromatic carbocycles. The summed E-state index contributed by atoms with van der Waals surface area (Å²) in [5.41, 5.74) is 5.02. The van der Waals surface area contributed by atoms with Crippen LogP contribution in [0.3, 0.4) is 0 Å². The molecule has 6 heteroatoms. The van der Waals surface area contributed by atoms with Gasteiger partial charge in [-0.25, -0.2) is 4.68 Å². The number of esters is 1. The Morgan fingerprint density at radius 3 is 2.36 bits per heavy atom. The van der Waals surface area contributed by atoms with Crippen molar-refractivity contribution in [3.63, 3.8) is 0 Å². The molecule has 144 valence electrons. The number of para-hydroxylation sites is 1. The number of hydrogen-bond donors (Lipinski definition) is 1. The minimum Gasteiger partial charge on any atom is -0.455 e. The average molecular weight is 377 g/mol. The number of aryl methyl sites for hydroxylation is 2. The molecule has 0 aliphatic carbocycles. The SMILES string of the molecule is Cc1ccc(CC(=O)OCC(=O)Nc2c(C)nn(-c3ccccc3)c2C)cc1. The van der Waals surface area contributed by atoms with Gasteiger partial charge in [0.2, 0.25) is 0 Å². The number of ether oxygens (including phenoxy) is 1.